The number of hydrogen-bond acceptors (Lipinski definition) is 2. The largest absolute Gasteiger partial charge is 0.496 e. The summed E-state index contributed by atoms with van der Waals surface area (Å²) in [5.41, 5.74) is 3.19. The van der Waals surface area contributed by atoms with E-state index in [-0.39, 0.29) is 5.91 Å². The predicted octanol–water partition coefficient (Wildman–Crippen LogP) is 1.91. The smallest absolute Gasteiger partial charge is 0.279 e. The van der Waals surface area contributed by atoms with Gasteiger partial charge in [0.15, 0.2) is 6.54 Å². The third kappa shape index (κ3) is 5.11. The van der Waals surface area contributed by atoms with Crippen LogP contribution < -0.4 is 15.0 Å². The van der Waals surface area contributed by atoms with Crippen molar-refractivity contribution in [2.24, 2.45) is 0 Å². The first-order chi connectivity index (χ1) is 11.1. The summed E-state index contributed by atoms with van der Waals surface area (Å²) < 4.78 is 5.36. The van der Waals surface area contributed by atoms with Crippen molar-refractivity contribution in [2.75, 3.05) is 26.0 Å². The number of ether oxygens (including phenoxy) is 1. The molecule has 2 aromatic carbocycles. The van der Waals surface area contributed by atoms with Gasteiger partial charge in [0.05, 0.1) is 14.2 Å². The fourth-order valence-corrected chi connectivity index (χ4v) is 2.58. The van der Waals surface area contributed by atoms with Crippen LogP contribution >= 0.6 is 0 Å². The summed E-state index contributed by atoms with van der Waals surface area (Å²) in [5.74, 6) is 0.883. The maximum absolute atomic E-state index is 12.2. The number of methoxy groups -OCH3 is 1. The fourth-order valence-electron chi connectivity index (χ4n) is 2.58. The maximum atomic E-state index is 12.2. The average Bonchev–Trinajstić information content (AvgIpc) is 2.55. The number of likely N-dealkylation sites (N-methyl/N-ethyl adjacent to an activating group) is 1. The number of para-hydroxylation sites is 1. The second kappa shape index (κ2) is 8.34. The molecule has 0 fully saturated rings. The molecular weight excluding hydrogens is 288 g/mol. The number of aryl methyl sites for hydroxylation is 1. The van der Waals surface area contributed by atoms with Crippen molar-refractivity contribution in [3.05, 3.63) is 59.7 Å². The Balaban J connectivity index is 1.91. The van der Waals surface area contributed by atoms with E-state index in [2.05, 4.69) is 18.3 Å². The van der Waals surface area contributed by atoms with Crippen LogP contribution in [0.15, 0.2) is 48.5 Å². The average molecular weight is 313 g/mol. The Morgan fingerprint density at radius 3 is 2.70 bits per heavy atom. The highest BCUT2D eigenvalue weighted by molar-refractivity contribution is 5.91. The monoisotopic (exact) mass is 313 g/mol. The zero-order chi connectivity index (χ0) is 16.7. The number of quaternary nitrogens is 1. The first-order valence-electron chi connectivity index (χ1n) is 7.94. The number of benzene rings is 2. The van der Waals surface area contributed by atoms with E-state index in [0.29, 0.717) is 6.54 Å². The fraction of sp³-hybridized carbons (Fsp3) is 0.316. The highest BCUT2D eigenvalue weighted by atomic mass is 16.5. The minimum atomic E-state index is 0.0191. The normalized spacial score (nSPS) is 11.8. The molecule has 23 heavy (non-hydrogen) atoms. The van der Waals surface area contributed by atoms with Crippen LogP contribution in [0.4, 0.5) is 5.69 Å². The van der Waals surface area contributed by atoms with Crippen molar-refractivity contribution in [3.8, 4) is 5.75 Å². The molecule has 4 nitrogen and oxygen atoms in total. The number of hydrogen-bond donors (Lipinski definition) is 2. The molecule has 0 aromatic heterocycles. The summed E-state index contributed by atoms with van der Waals surface area (Å²) in [6.07, 6.45) is 0.961. The molecule has 0 aliphatic carbocycles. The van der Waals surface area contributed by atoms with Crippen LogP contribution in [-0.4, -0.2) is 26.6 Å². The minimum Gasteiger partial charge on any atom is -0.496 e. The van der Waals surface area contributed by atoms with Crippen LogP contribution in [0.2, 0.25) is 0 Å². The summed E-state index contributed by atoms with van der Waals surface area (Å²) in [6, 6.07) is 15.9. The first kappa shape index (κ1) is 17.0. The molecule has 0 saturated carbocycles. The molecule has 2 rings (SSSR count). The van der Waals surface area contributed by atoms with Crippen LogP contribution in [0.25, 0.3) is 0 Å². The van der Waals surface area contributed by atoms with Crippen molar-refractivity contribution in [3.63, 3.8) is 0 Å². The van der Waals surface area contributed by atoms with Crippen molar-refractivity contribution in [1.29, 1.82) is 0 Å². The molecule has 0 heterocycles. The van der Waals surface area contributed by atoms with Crippen LogP contribution in [-0.2, 0) is 17.8 Å². The van der Waals surface area contributed by atoms with Crippen molar-refractivity contribution in [2.45, 2.75) is 19.9 Å². The highest BCUT2D eigenvalue weighted by Gasteiger charge is 2.13. The first-order valence-corrected chi connectivity index (χ1v) is 7.94. The molecule has 2 aromatic rings. The van der Waals surface area contributed by atoms with Crippen LogP contribution in [0.3, 0.4) is 0 Å². The summed E-state index contributed by atoms with van der Waals surface area (Å²) in [5, 5.41) is 2.97. The summed E-state index contributed by atoms with van der Waals surface area (Å²) in [4.78, 5) is 13.3. The van der Waals surface area contributed by atoms with Gasteiger partial charge in [0.25, 0.3) is 5.91 Å². The lowest BCUT2D eigenvalue weighted by Crippen LogP contribution is -3.08. The number of carbonyl (C=O) groups excluding carboxylic acids is 1. The summed E-state index contributed by atoms with van der Waals surface area (Å²) >= 11 is 0. The van der Waals surface area contributed by atoms with Crippen molar-refractivity contribution in [1.82, 2.24) is 0 Å². The van der Waals surface area contributed by atoms with E-state index < -0.39 is 0 Å². The molecule has 0 radical (unpaired) electrons. The van der Waals surface area contributed by atoms with E-state index in [9.17, 15) is 4.79 Å². The third-order valence-electron chi connectivity index (χ3n) is 3.77. The van der Waals surface area contributed by atoms with E-state index in [0.717, 1.165) is 34.9 Å². The van der Waals surface area contributed by atoms with Gasteiger partial charge in [-0.1, -0.05) is 31.2 Å². The van der Waals surface area contributed by atoms with E-state index in [1.165, 1.54) is 5.56 Å². The molecule has 122 valence electrons. The van der Waals surface area contributed by atoms with Gasteiger partial charge < -0.3 is 15.0 Å². The van der Waals surface area contributed by atoms with Gasteiger partial charge in [0, 0.05) is 11.3 Å². The van der Waals surface area contributed by atoms with Gasteiger partial charge in [-0.2, -0.15) is 0 Å². The molecule has 1 atom stereocenters. The second-order valence-corrected chi connectivity index (χ2v) is 5.72. The zero-order valence-electron chi connectivity index (χ0n) is 14.1. The molecular formula is C19H25N2O2+. The third-order valence-corrected chi connectivity index (χ3v) is 3.77. The Kier molecular flexibility index (Phi) is 6.18. The number of carbonyl (C=O) groups is 1. The lowest BCUT2D eigenvalue weighted by Gasteiger charge is -2.16. The minimum absolute atomic E-state index is 0.0191. The number of anilines is 1. The molecule has 0 spiro atoms. The zero-order valence-corrected chi connectivity index (χ0v) is 14.1. The highest BCUT2D eigenvalue weighted by Crippen LogP contribution is 2.15. The molecule has 1 amide bonds. The lowest BCUT2D eigenvalue weighted by atomic mass is 10.1. The Morgan fingerprint density at radius 1 is 1.17 bits per heavy atom. The van der Waals surface area contributed by atoms with E-state index in [1.807, 2.05) is 49.5 Å². The van der Waals surface area contributed by atoms with Gasteiger partial charge in [-0.05, 0) is 36.2 Å². The summed E-state index contributed by atoms with van der Waals surface area (Å²) in [6.45, 7) is 3.26. The Labute approximate surface area is 138 Å². The Hall–Kier alpha value is -2.33. The Morgan fingerprint density at radius 2 is 1.96 bits per heavy atom. The van der Waals surface area contributed by atoms with E-state index in [4.69, 9.17) is 4.74 Å². The second-order valence-electron chi connectivity index (χ2n) is 5.72. The molecule has 1 unspecified atom stereocenters. The Bertz CT molecular complexity index is 655. The topological polar surface area (TPSA) is 42.8 Å². The molecule has 2 N–H and O–H groups in total. The maximum Gasteiger partial charge on any atom is 0.279 e. The van der Waals surface area contributed by atoms with Crippen molar-refractivity contribution < 1.29 is 14.4 Å². The lowest BCUT2D eigenvalue weighted by molar-refractivity contribution is -0.885. The molecule has 0 bridgehead atoms. The van der Waals surface area contributed by atoms with Gasteiger partial charge in [-0.15, -0.1) is 0 Å². The SMILES string of the molecule is CCc1cccc(NC(=O)C[NH+](C)Cc2ccccc2OC)c1. The van der Waals surface area contributed by atoms with E-state index >= 15 is 0 Å². The molecule has 4 heteroatoms. The molecule has 0 aliphatic rings. The number of amides is 1. The van der Waals surface area contributed by atoms with E-state index in [1.54, 1.807) is 7.11 Å². The van der Waals surface area contributed by atoms with Crippen LogP contribution in [0.1, 0.15) is 18.1 Å². The van der Waals surface area contributed by atoms with Gasteiger partial charge in [0.1, 0.15) is 12.3 Å². The predicted molar refractivity (Wildman–Crippen MR) is 92.9 cm³/mol. The number of nitrogens with one attached hydrogen (secondary N) is 2. The van der Waals surface area contributed by atoms with Gasteiger partial charge in [0.2, 0.25) is 0 Å². The van der Waals surface area contributed by atoms with Gasteiger partial charge in [-0.3, -0.25) is 4.79 Å². The standard InChI is InChI=1S/C19H24N2O2/c1-4-15-8-7-10-17(12-15)20-19(22)14-21(2)13-16-9-5-6-11-18(16)23-3/h5-12H,4,13-14H2,1-3H3,(H,20,22)/p+1. The van der Waals surface area contributed by atoms with Gasteiger partial charge >= 0.3 is 0 Å². The molecule has 0 aliphatic heterocycles. The van der Waals surface area contributed by atoms with Crippen LogP contribution in [0.5, 0.6) is 5.75 Å². The number of rotatable bonds is 7. The van der Waals surface area contributed by atoms with Crippen LogP contribution in [0, 0.1) is 0 Å². The van der Waals surface area contributed by atoms with Gasteiger partial charge in [-0.25, -0.2) is 0 Å². The quantitative estimate of drug-likeness (QED) is 0.820. The molecule has 0 saturated heterocycles. The summed E-state index contributed by atoms with van der Waals surface area (Å²) in [7, 11) is 3.68. The van der Waals surface area contributed by atoms with Crippen molar-refractivity contribution >= 4 is 11.6 Å².